The molecule has 27 aromatic rings. The van der Waals surface area contributed by atoms with E-state index < -0.39 is 0 Å². The second kappa shape index (κ2) is 29.0. The molecule has 604 valence electrons. The Kier molecular flexibility index (Phi) is 16.5. The van der Waals surface area contributed by atoms with Gasteiger partial charge in [-0.25, -0.2) is 15.0 Å². The molecule has 28 rings (SSSR count). The molecule has 0 spiro atoms. The van der Waals surface area contributed by atoms with E-state index in [0.29, 0.717) is 5.95 Å². The maximum absolute atomic E-state index is 6.73. The van der Waals surface area contributed by atoms with Gasteiger partial charge in [-0.3, -0.25) is 14.5 Å². The molecule has 0 amide bonds. The van der Waals surface area contributed by atoms with Crippen molar-refractivity contribution in [3.8, 4) is 84.9 Å². The summed E-state index contributed by atoms with van der Waals surface area (Å²) in [6, 6.07) is 141. The second-order valence-corrected chi connectivity index (χ2v) is 34.0. The first-order valence-corrected chi connectivity index (χ1v) is 43.7. The molecule has 10 aromatic heterocycles. The fraction of sp³-hybridized carbons (Fsp3) is 0.0254. The highest BCUT2D eigenvalue weighted by atomic mass is 16.3. The second-order valence-electron chi connectivity index (χ2n) is 34.0. The van der Waals surface area contributed by atoms with Gasteiger partial charge in [0.2, 0.25) is 5.95 Å². The predicted molar refractivity (Wildman–Crippen MR) is 530 cm³/mol. The summed E-state index contributed by atoms with van der Waals surface area (Å²) in [5.74, 6) is 0.637. The first-order chi connectivity index (χ1) is 63.8. The third kappa shape index (κ3) is 11.5. The third-order valence-corrected chi connectivity index (χ3v) is 26.4. The van der Waals surface area contributed by atoms with Crippen LogP contribution in [0, 0.1) is 0 Å². The Balaban J connectivity index is 0.000000102. The molecule has 0 unspecified atom stereocenters. The summed E-state index contributed by atoms with van der Waals surface area (Å²) in [4.78, 5) is 25.0. The zero-order valence-electron chi connectivity index (χ0n) is 70.1. The van der Waals surface area contributed by atoms with Crippen molar-refractivity contribution in [2.75, 3.05) is 0 Å². The van der Waals surface area contributed by atoms with Crippen molar-refractivity contribution in [3.63, 3.8) is 0 Å². The number of hydrogen-bond donors (Lipinski definition) is 0. The van der Waals surface area contributed by atoms with Gasteiger partial charge in [0.1, 0.15) is 27.9 Å². The first kappa shape index (κ1) is 73.4. The Hall–Kier alpha value is -17.2. The van der Waals surface area contributed by atoms with Gasteiger partial charge >= 0.3 is 0 Å². The summed E-state index contributed by atoms with van der Waals surface area (Å²) >= 11 is 0. The Bertz CT molecular complexity index is 9040. The van der Waals surface area contributed by atoms with Crippen LogP contribution >= 0.6 is 0 Å². The molecule has 10 heterocycles. The average Bonchev–Trinajstić information content (AvgIpc) is 1.52. The molecule has 1 aliphatic rings. The number of para-hydroxylation sites is 4. The molecule has 11 heteroatoms. The van der Waals surface area contributed by atoms with Gasteiger partial charge < -0.3 is 22.4 Å². The Morgan fingerprint density at radius 2 is 0.736 bits per heavy atom. The molecule has 0 saturated heterocycles. The summed E-state index contributed by atoms with van der Waals surface area (Å²) in [5.41, 5.74) is 28.8. The van der Waals surface area contributed by atoms with Crippen LogP contribution in [-0.2, 0) is 5.41 Å². The van der Waals surface area contributed by atoms with Crippen molar-refractivity contribution in [3.05, 3.63) is 424 Å². The number of benzene rings is 17. The van der Waals surface area contributed by atoms with Crippen molar-refractivity contribution in [2.45, 2.75) is 19.3 Å². The summed E-state index contributed by atoms with van der Waals surface area (Å²) in [5, 5.41) is 21.2. The number of pyridine rings is 3. The van der Waals surface area contributed by atoms with E-state index in [1.54, 1.807) is 0 Å². The van der Waals surface area contributed by atoms with E-state index in [1.165, 1.54) is 76.1 Å². The molecule has 0 aliphatic heterocycles. The summed E-state index contributed by atoms with van der Waals surface area (Å²) in [6.07, 6.45) is 3.78. The van der Waals surface area contributed by atoms with Crippen molar-refractivity contribution in [2.24, 2.45) is 0 Å². The maximum Gasteiger partial charge on any atom is 0.235 e. The highest BCUT2D eigenvalue weighted by Gasteiger charge is 2.40. The number of furan rings is 3. The van der Waals surface area contributed by atoms with Gasteiger partial charge in [-0.2, -0.15) is 0 Å². The molecule has 11 nitrogen and oxygen atoms in total. The molecular formula is C118H74N8O3. The van der Waals surface area contributed by atoms with E-state index in [-0.39, 0.29) is 5.41 Å². The summed E-state index contributed by atoms with van der Waals surface area (Å²) in [6.45, 7) is 4.56. The number of fused-ring (bicyclic) bond motifs is 30. The Labute approximate surface area is 738 Å². The lowest BCUT2D eigenvalue weighted by atomic mass is 9.79. The first-order valence-electron chi connectivity index (χ1n) is 43.7. The van der Waals surface area contributed by atoms with Crippen LogP contribution in [0.3, 0.4) is 0 Å². The molecule has 17 aromatic carbocycles. The maximum atomic E-state index is 6.73. The van der Waals surface area contributed by atoms with Crippen LogP contribution in [0.25, 0.3) is 248 Å². The van der Waals surface area contributed by atoms with Gasteiger partial charge in [-0.15, -0.1) is 0 Å². The zero-order chi connectivity index (χ0) is 85.1. The van der Waals surface area contributed by atoms with Gasteiger partial charge in [0, 0.05) is 110 Å². The number of nitrogens with zero attached hydrogens (tertiary/aromatic N) is 8. The van der Waals surface area contributed by atoms with Crippen LogP contribution in [0.5, 0.6) is 0 Å². The molecule has 0 bridgehead atoms. The predicted octanol–water partition coefficient (Wildman–Crippen LogP) is 31.1. The van der Waals surface area contributed by atoms with Crippen LogP contribution < -0.4 is 0 Å². The lowest BCUT2D eigenvalue weighted by Gasteiger charge is -2.23. The molecule has 129 heavy (non-hydrogen) atoms. The molecule has 0 atom stereocenters. The lowest BCUT2D eigenvalue weighted by molar-refractivity contribution is 0.659. The Morgan fingerprint density at radius 1 is 0.248 bits per heavy atom. The average molecular weight is 1650 g/mol. The monoisotopic (exact) mass is 1650 g/mol. The third-order valence-electron chi connectivity index (χ3n) is 26.4. The highest BCUT2D eigenvalue weighted by molar-refractivity contribution is 6.36. The van der Waals surface area contributed by atoms with Crippen molar-refractivity contribution in [1.29, 1.82) is 0 Å². The minimum atomic E-state index is -0.192. The van der Waals surface area contributed by atoms with Crippen molar-refractivity contribution < 1.29 is 13.3 Å². The molecule has 1 aliphatic carbocycles. The fourth-order valence-electron chi connectivity index (χ4n) is 20.7. The van der Waals surface area contributed by atoms with E-state index in [0.717, 1.165) is 177 Å². The number of aromatic nitrogens is 8. The van der Waals surface area contributed by atoms with Gasteiger partial charge in [-0.05, 0) is 158 Å². The molecular weight excluding hydrogens is 1580 g/mol. The van der Waals surface area contributed by atoms with E-state index in [4.69, 9.17) is 38.2 Å². The standard InChI is InChI=1S/C41H27N3O.C39H24N2O.C38H23N3O/c1-41(2)31-14-9-22-42-37(31)38-36(41)26(21-23-43-38)24-17-19-25(20-18-24)44-32-15-7-5-12-29(32)34-27-10-3-4-11-28(27)35-30-13-6-8-16-33(30)45-40(35)39(34)44;1-3-12-26(13-4-1)33-21-28(22-34(40-33)27-14-5-2-6-15-27)41-35-18-10-9-17-30(35)31-24-38-32(23-36(31)41)39-29-16-8-7-11-25(29)19-20-37(39)42-38;1-3-12-25(13-4-1)29-23-30(26-14-5-2-6-15-26)40-38(39-29)41-31-18-10-9-17-28(31)35-32(41)20-22-34-37(35)36-27-16-8-7-11-24(27)19-21-33(36)42-34/h3-23H,1-2H3;1-24H;1-23H. The molecule has 0 radical (unpaired) electrons. The van der Waals surface area contributed by atoms with Crippen molar-refractivity contribution in [1.82, 2.24) is 38.6 Å². The number of rotatable bonds is 8. The molecule has 0 saturated carbocycles. The molecule has 0 fully saturated rings. The minimum absolute atomic E-state index is 0.192. The molecule has 0 N–H and O–H groups in total. The topological polar surface area (TPSA) is 119 Å². The largest absolute Gasteiger partial charge is 0.456 e. The van der Waals surface area contributed by atoms with Crippen LogP contribution in [0.1, 0.15) is 25.0 Å². The SMILES string of the molecule is CC1(C)c2cccnc2-c2nccc(-c3ccc(-n4c5ccccc5c5c6ccccc6c6c7ccccc7oc6c54)cc3)c21.c1ccc(-c2cc(-c3ccccc3)nc(-n3c4ccccc4c4c5c(ccc43)oc3ccc4ccccc4c35)n2)cc1.c1ccc(-c2cc(-n3c4ccccc4c4cc5oc6ccc7ccccc7c6c5cc43)cc(-c3ccccc3)n2)cc1. The van der Waals surface area contributed by atoms with E-state index in [2.05, 4.69) is 367 Å². The van der Waals surface area contributed by atoms with Crippen LogP contribution in [0.2, 0.25) is 0 Å². The lowest BCUT2D eigenvalue weighted by Crippen LogP contribution is -2.16. The fourth-order valence-corrected chi connectivity index (χ4v) is 20.7. The number of hydrogen-bond acceptors (Lipinski definition) is 8. The zero-order valence-corrected chi connectivity index (χ0v) is 70.1. The van der Waals surface area contributed by atoms with Gasteiger partial charge in [0.15, 0.2) is 5.58 Å². The minimum Gasteiger partial charge on any atom is -0.456 e. The quantitative estimate of drug-likeness (QED) is 0.148. The summed E-state index contributed by atoms with van der Waals surface area (Å²) in [7, 11) is 0. The van der Waals surface area contributed by atoms with Gasteiger partial charge in [-0.1, -0.05) is 311 Å². The highest BCUT2D eigenvalue weighted by Crippen LogP contribution is 2.53. The van der Waals surface area contributed by atoms with E-state index in [9.17, 15) is 0 Å². The smallest absolute Gasteiger partial charge is 0.235 e. The van der Waals surface area contributed by atoms with Crippen LogP contribution in [0.15, 0.2) is 426 Å². The van der Waals surface area contributed by atoms with E-state index in [1.807, 2.05) is 73.1 Å². The van der Waals surface area contributed by atoms with Crippen molar-refractivity contribution >= 4 is 164 Å². The Morgan fingerprint density at radius 3 is 1.37 bits per heavy atom. The van der Waals surface area contributed by atoms with Crippen LogP contribution in [0.4, 0.5) is 0 Å². The van der Waals surface area contributed by atoms with Gasteiger partial charge in [0.25, 0.3) is 0 Å². The van der Waals surface area contributed by atoms with Gasteiger partial charge in [0.05, 0.1) is 73.0 Å². The van der Waals surface area contributed by atoms with Crippen LogP contribution in [-0.4, -0.2) is 38.6 Å². The summed E-state index contributed by atoms with van der Waals surface area (Å²) < 4.78 is 26.6. The van der Waals surface area contributed by atoms with E-state index >= 15 is 0 Å². The normalized spacial score (nSPS) is 12.5.